The predicted octanol–water partition coefficient (Wildman–Crippen LogP) is 3.85. The van der Waals surface area contributed by atoms with Gasteiger partial charge in [-0.15, -0.1) is 0 Å². The normalized spacial score (nSPS) is 10.1. The van der Waals surface area contributed by atoms with Crippen molar-refractivity contribution in [3.05, 3.63) is 29.8 Å². The Morgan fingerprint density at radius 3 is 2.29 bits per heavy atom. The maximum absolute atomic E-state index is 3.13. The van der Waals surface area contributed by atoms with Crippen LogP contribution in [0.4, 0.5) is 5.69 Å². The van der Waals surface area contributed by atoms with Crippen LogP contribution in [0.1, 0.15) is 38.2 Å². The Bertz CT molecular complexity index is 238. The largest absolute Gasteiger partial charge is 0.388 e. The summed E-state index contributed by atoms with van der Waals surface area (Å²) >= 11 is 0. The lowest BCUT2D eigenvalue weighted by Crippen LogP contribution is -1.89. The van der Waals surface area contributed by atoms with Crippen LogP contribution in [0.5, 0.6) is 0 Å². The first-order chi connectivity index (χ1) is 6.86. The molecule has 0 saturated heterocycles. The fraction of sp³-hybridized carbons (Fsp3) is 0.538. The van der Waals surface area contributed by atoms with E-state index in [1.165, 1.54) is 43.4 Å². The maximum Gasteiger partial charge on any atom is 0.0337 e. The van der Waals surface area contributed by atoms with Gasteiger partial charge in [-0.1, -0.05) is 38.3 Å². The number of hydrogen-bond acceptors (Lipinski definition) is 1. The topological polar surface area (TPSA) is 12.0 Å². The van der Waals surface area contributed by atoms with E-state index in [4.69, 9.17) is 0 Å². The van der Waals surface area contributed by atoms with E-state index < -0.39 is 0 Å². The third kappa shape index (κ3) is 3.82. The van der Waals surface area contributed by atoms with E-state index >= 15 is 0 Å². The Hall–Kier alpha value is -0.980. The lowest BCUT2D eigenvalue weighted by Gasteiger charge is -2.03. The van der Waals surface area contributed by atoms with Gasteiger partial charge in [0.25, 0.3) is 0 Å². The molecule has 0 bridgehead atoms. The molecule has 0 aromatic heterocycles. The summed E-state index contributed by atoms with van der Waals surface area (Å²) in [6.07, 6.45) is 6.61. The number of nitrogens with one attached hydrogen (secondary N) is 1. The van der Waals surface area contributed by atoms with E-state index in [0.29, 0.717) is 0 Å². The quantitative estimate of drug-likeness (QED) is 0.673. The second kappa shape index (κ2) is 6.47. The molecule has 0 aliphatic heterocycles. The van der Waals surface area contributed by atoms with Crippen LogP contribution in [-0.2, 0) is 6.42 Å². The highest BCUT2D eigenvalue weighted by atomic mass is 14.8. The van der Waals surface area contributed by atoms with Crippen LogP contribution in [0, 0.1) is 0 Å². The molecule has 1 aromatic carbocycles. The van der Waals surface area contributed by atoms with E-state index in [9.17, 15) is 0 Å². The van der Waals surface area contributed by atoms with E-state index in [0.717, 1.165) is 0 Å². The molecule has 0 aliphatic rings. The molecule has 1 aromatic rings. The first-order valence-electron chi connectivity index (χ1n) is 5.63. The van der Waals surface area contributed by atoms with E-state index in [1.54, 1.807) is 0 Å². The highest BCUT2D eigenvalue weighted by Crippen LogP contribution is 2.11. The van der Waals surface area contributed by atoms with Crippen molar-refractivity contribution in [1.82, 2.24) is 0 Å². The fourth-order valence-corrected chi connectivity index (χ4v) is 1.59. The summed E-state index contributed by atoms with van der Waals surface area (Å²) in [5.41, 5.74) is 2.66. The highest BCUT2D eigenvalue weighted by molar-refractivity contribution is 5.43. The predicted molar refractivity (Wildman–Crippen MR) is 63.8 cm³/mol. The van der Waals surface area contributed by atoms with Gasteiger partial charge < -0.3 is 5.32 Å². The Morgan fingerprint density at radius 1 is 1.00 bits per heavy atom. The summed E-state index contributed by atoms with van der Waals surface area (Å²) in [6.45, 7) is 2.25. The van der Waals surface area contributed by atoms with Crippen LogP contribution < -0.4 is 5.32 Å². The van der Waals surface area contributed by atoms with Gasteiger partial charge in [0.2, 0.25) is 0 Å². The lowest BCUT2D eigenvalue weighted by atomic mass is 10.1. The Kier molecular flexibility index (Phi) is 5.13. The van der Waals surface area contributed by atoms with Crippen molar-refractivity contribution in [2.75, 3.05) is 12.4 Å². The number of hydrogen-bond donors (Lipinski definition) is 1. The standard InChI is InChI=1S/C13H21N/c1-3-4-5-6-7-12-8-10-13(14-2)11-9-12/h8-11,14H,3-7H2,1-2H3. The first-order valence-corrected chi connectivity index (χ1v) is 5.63. The second-order valence-electron chi connectivity index (χ2n) is 3.76. The zero-order valence-electron chi connectivity index (χ0n) is 9.34. The molecular formula is C13H21N. The average Bonchev–Trinajstić information content (AvgIpc) is 2.25. The van der Waals surface area contributed by atoms with Crippen LogP contribution in [0.2, 0.25) is 0 Å². The van der Waals surface area contributed by atoms with E-state index in [-0.39, 0.29) is 0 Å². The summed E-state index contributed by atoms with van der Waals surface area (Å²) in [4.78, 5) is 0. The number of aryl methyl sites for hydroxylation is 1. The van der Waals surface area contributed by atoms with Gasteiger partial charge in [0.05, 0.1) is 0 Å². The Balaban J connectivity index is 2.29. The molecule has 1 nitrogen and oxygen atoms in total. The molecule has 14 heavy (non-hydrogen) atoms. The number of benzene rings is 1. The Labute approximate surface area is 87.5 Å². The smallest absolute Gasteiger partial charge is 0.0337 e. The van der Waals surface area contributed by atoms with Crippen LogP contribution in [0.15, 0.2) is 24.3 Å². The molecule has 0 fully saturated rings. The van der Waals surface area contributed by atoms with Gasteiger partial charge >= 0.3 is 0 Å². The lowest BCUT2D eigenvalue weighted by molar-refractivity contribution is 0.667. The molecule has 0 amide bonds. The molecule has 0 unspecified atom stereocenters. The van der Waals surface area contributed by atoms with Crippen LogP contribution in [0.25, 0.3) is 0 Å². The summed E-state index contributed by atoms with van der Waals surface area (Å²) in [5.74, 6) is 0. The summed E-state index contributed by atoms with van der Waals surface area (Å²) in [6, 6.07) is 8.74. The minimum Gasteiger partial charge on any atom is -0.388 e. The van der Waals surface area contributed by atoms with Crippen molar-refractivity contribution in [1.29, 1.82) is 0 Å². The molecular weight excluding hydrogens is 170 g/mol. The number of anilines is 1. The van der Waals surface area contributed by atoms with Gasteiger partial charge in [0.1, 0.15) is 0 Å². The summed E-state index contributed by atoms with van der Waals surface area (Å²) in [5, 5.41) is 3.13. The molecule has 0 saturated carbocycles. The first kappa shape index (κ1) is 11.1. The minimum absolute atomic E-state index is 1.20. The fourth-order valence-electron chi connectivity index (χ4n) is 1.59. The molecule has 78 valence electrons. The third-order valence-corrected chi connectivity index (χ3v) is 2.56. The van der Waals surface area contributed by atoms with Crippen LogP contribution >= 0.6 is 0 Å². The van der Waals surface area contributed by atoms with Crippen molar-refractivity contribution >= 4 is 5.69 Å². The molecule has 0 spiro atoms. The van der Waals surface area contributed by atoms with Gasteiger partial charge in [0, 0.05) is 12.7 Å². The molecule has 1 heteroatoms. The van der Waals surface area contributed by atoms with Crippen LogP contribution in [-0.4, -0.2) is 7.05 Å². The van der Waals surface area contributed by atoms with Crippen molar-refractivity contribution in [2.45, 2.75) is 39.0 Å². The van der Waals surface area contributed by atoms with Gasteiger partial charge in [-0.25, -0.2) is 0 Å². The van der Waals surface area contributed by atoms with Crippen molar-refractivity contribution in [2.24, 2.45) is 0 Å². The van der Waals surface area contributed by atoms with Gasteiger partial charge in [0.15, 0.2) is 0 Å². The molecule has 0 heterocycles. The Morgan fingerprint density at radius 2 is 1.71 bits per heavy atom. The highest BCUT2D eigenvalue weighted by Gasteiger charge is 1.93. The molecule has 1 N–H and O–H groups in total. The molecule has 1 rings (SSSR count). The zero-order chi connectivity index (χ0) is 10.2. The minimum atomic E-state index is 1.20. The van der Waals surface area contributed by atoms with Gasteiger partial charge in [-0.3, -0.25) is 0 Å². The summed E-state index contributed by atoms with van der Waals surface area (Å²) < 4.78 is 0. The molecule has 0 radical (unpaired) electrons. The SMILES string of the molecule is CCCCCCc1ccc(NC)cc1. The van der Waals surface area contributed by atoms with E-state index in [1.807, 2.05) is 7.05 Å². The number of unbranched alkanes of at least 4 members (excludes halogenated alkanes) is 3. The summed E-state index contributed by atoms with van der Waals surface area (Å²) in [7, 11) is 1.95. The van der Waals surface area contributed by atoms with Gasteiger partial charge in [-0.2, -0.15) is 0 Å². The van der Waals surface area contributed by atoms with Crippen LogP contribution in [0.3, 0.4) is 0 Å². The van der Waals surface area contributed by atoms with E-state index in [2.05, 4.69) is 36.5 Å². The molecule has 0 aliphatic carbocycles. The van der Waals surface area contributed by atoms with Gasteiger partial charge in [-0.05, 0) is 30.5 Å². The second-order valence-corrected chi connectivity index (χ2v) is 3.76. The molecule has 0 atom stereocenters. The zero-order valence-corrected chi connectivity index (χ0v) is 9.34. The average molecular weight is 191 g/mol. The third-order valence-electron chi connectivity index (χ3n) is 2.56. The monoisotopic (exact) mass is 191 g/mol. The maximum atomic E-state index is 3.13. The van der Waals surface area contributed by atoms with Crippen molar-refractivity contribution in [3.63, 3.8) is 0 Å². The van der Waals surface area contributed by atoms with Crippen molar-refractivity contribution < 1.29 is 0 Å². The van der Waals surface area contributed by atoms with Crippen molar-refractivity contribution in [3.8, 4) is 0 Å². The number of rotatable bonds is 6.